The summed E-state index contributed by atoms with van der Waals surface area (Å²) in [4.78, 5) is 16.3. The van der Waals surface area contributed by atoms with Crippen molar-refractivity contribution in [3.8, 4) is 0 Å². The molecular weight excluding hydrogens is 98.1 g/mol. The number of hydrogen-bond acceptors (Lipinski definition) is 3. The van der Waals surface area contributed by atoms with E-state index in [1.807, 2.05) is 0 Å². The summed E-state index contributed by atoms with van der Waals surface area (Å²) in [6.07, 6.45) is 0. The maximum Gasteiger partial charge on any atom is 0.380 e. The summed E-state index contributed by atoms with van der Waals surface area (Å²) in [6.45, 7) is 0.376. The Morgan fingerprint density at radius 2 is 2.00 bits per heavy atom. The molecule has 0 aliphatic heterocycles. The molecule has 1 radical (unpaired) electrons. The van der Waals surface area contributed by atoms with Crippen LogP contribution < -0.4 is 5.73 Å². The zero-order chi connectivity index (χ0) is 4.99. The van der Waals surface area contributed by atoms with Crippen LogP contribution in [0.15, 0.2) is 0 Å². The summed E-state index contributed by atoms with van der Waals surface area (Å²) < 4.78 is 0. The van der Waals surface area contributed by atoms with Gasteiger partial charge in [-0.25, -0.2) is 0 Å². The van der Waals surface area contributed by atoms with E-state index in [1.165, 1.54) is 0 Å². The van der Waals surface area contributed by atoms with E-state index in [1.54, 1.807) is 0 Å². The predicted octanol–water partition coefficient (Wildman–Crippen LogP) is -1.58. The third kappa shape index (κ3) is 4.10. The van der Waals surface area contributed by atoms with Crippen molar-refractivity contribution in [1.82, 2.24) is 0 Å². The fraction of sp³-hybridized carbons (Fsp3) is 1.00. The molecular formula is C2H8NO2Si. The molecule has 0 aromatic heterocycles. The van der Waals surface area contributed by atoms with Crippen molar-refractivity contribution < 1.29 is 9.59 Å². The van der Waals surface area contributed by atoms with E-state index in [2.05, 4.69) is 0 Å². The van der Waals surface area contributed by atoms with Crippen molar-refractivity contribution in [3.63, 3.8) is 0 Å². The summed E-state index contributed by atoms with van der Waals surface area (Å²) in [5, 5.41) is 0. The van der Waals surface area contributed by atoms with Gasteiger partial charge in [0, 0.05) is 6.04 Å². The van der Waals surface area contributed by atoms with Crippen molar-refractivity contribution in [3.05, 3.63) is 0 Å². The summed E-state index contributed by atoms with van der Waals surface area (Å²) in [7, 11) is -2.01. The highest BCUT2D eigenvalue weighted by atomic mass is 28.3. The molecule has 37 valence electrons. The molecule has 6 heavy (non-hydrogen) atoms. The summed E-state index contributed by atoms with van der Waals surface area (Å²) in [6, 6.07) is 0.366. The minimum absolute atomic E-state index is 0.366. The second-order valence-electron chi connectivity index (χ2n) is 0.955. The Bertz CT molecular complexity index is 32.7. The molecule has 0 aliphatic rings. The van der Waals surface area contributed by atoms with Crippen LogP contribution in [0, 0.1) is 0 Å². The predicted molar refractivity (Wildman–Crippen MR) is 24.1 cm³/mol. The molecule has 0 aromatic carbocycles. The second-order valence-corrected chi connectivity index (χ2v) is 2.29. The Labute approximate surface area is 38.3 Å². The Morgan fingerprint density at radius 3 is 2.00 bits per heavy atom. The van der Waals surface area contributed by atoms with Crippen LogP contribution in [0.3, 0.4) is 0 Å². The zero-order valence-electron chi connectivity index (χ0n) is 3.39. The van der Waals surface area contributed by atoms with Crippen LogP contribution in [0.2, 0.25) is 6.04 Å². The third-order valence-electron chi connectivity index (χ3n) is 0.368. The third-order valence-corrected chi connectivity index (χ3v) is 1.10. The molecule has 0 aromatic rings. The Morgan fingerprint density at radius 1 is 1.50 bits per heavy atom. The molecule has 0 bridgehead atoms. The number of hydrogen-bond donors (Lipinski definition) is 3. The molecule has 0 saturated heterocycles. The molecule has 0 rings (SSSR count). The largest absolute Gasteiger partial charge is 0.410 e. The van der Waals surface area contributed by atoms with Gasteiger partial charge in [-0.05, 0) is 6.54 Å². The summed E-state index contributed by atoms with van der Waals surface area (Å²) >= 11 is 0. The lowest BCUT2D eigenvalue weighted by atomic mass is 10.8. The normalized spacial score (nSPS) is 10.0. The van der Waals surface area contributed by atoms with Gasteiger partial charge in [0.25, 0.3) is 0 Å². The van der Waals surface area contributed by atoms with Gasteiger partial charge in [-0.2, -0.15) is 0 Å². The first kappa shape index (κ1) is 6.10. The van der Waals surface area contributed by atoms with Crippen LogP contribution in [0.5, 0.6) is 0 Å². The van der Waals surface area contributed by atoms with Gasteiger partial charge in [0.15, 0.2) is 0 Å². The van der Waals surface area contributed by atoms with Crippen LogP contribution in [-0.4, -0.2) is 25.4 Å². The van der Waals surface area contributed by atoms with Gasteiger partial charge in [-0.1, -0.05) is 0 Å². The van der Waals surface area contributed by atoms with Crippen LogP contribution >= 0.6 is 0 Å². The lowest BCUT2D eigenvalue weighted by Crippen LogP contribution is -2.15. The average Bonchev–Trinajstić information content (AvgIpc) is 1.35. The second kappa shape index (κ2) is 3.29. The van der Waals surface area contributed by atoms with Crippen LogP contribution in [0.4, 0.5) is 0 Å². The van der Waals surface area contributed by atoms with Gasteiger partial charge >= 0.3 is 9.28 Å². The van der Waals surface area contributed by atoms with E-state index in [9.17, 15) is 0 Å². The fourth-order valence-electron chi connectivity index (χ4n) is 0.129. The van der Waals surface area contributed by atoms with Gasteiger partial charge in [0.05, 0.1) is 0 Å². The Kier molecular flexibility index (Phi) is 3.35. The molecule has 4 heteroatoms. The number of rotatable bonds is 2. The fourth-order valence-corrected chi connectivity index (χ4v) is 0.387. The van der Waals surface area contributed by atoms with Crippen LogP contribution in [0.25, 0.3) is 0 Å². The molecule has 3 nitrogen and oxygen atoms in total. The average molecular weight is 106 g/mol. The molecule has 4 N–H and O–H groups in total. The lowest BCUT2D eigenvalue weighted by Gasteiger charge is -1.89. The molecule has 0 fully saturated rings. The van der Waals surface area contributed by atoms with Crippen LogP contribution in [0.1, 0.15) is 0 Å². The monoisotopic (exact) mass is 106 g/mol. The minimum atomic E-state index is -2.01. The highest BCUT2D eigenvalue weighted by Gasteiger charge is 1.98. The van der Waals surface area contributed by atoms with Gasteiger partial charge in [0.2, 0.25) is 0 Å². The first-order valence-electron chi connectivity index (χ1n) is 1.71. The summed E-state index contributed by atoms with van der Waals surface area (Å²) in [5.41, 5.74) is 4.93. The van der Waals surface area contributed by atoms with E-state index >= 15 is 0 Å². The standard InChI is InChI=1S/C2H8NO2Si/c3-1-2-6(4)5/h4-5H,1-3H2. The van der Waals surface area contributed by atoms with Crippen molar-refractivity contribution in [1.29, 1.82) is 0 Å². The first-order chi connectivity index (χ1) is 2.77. The van der Waals surface area contributed by atoms with E-state index in [0.717, 1.165) is 0 Å². The highest BCUT2D eigenvalue weighted by Crippen LogP contribution is 1.74. The highest BCUT2D eigenvalue weighted by molar-refractivity contribution is 6.41. The maximum absolute atomic E-state index is 8.13. The zero-order valence-corrected chi connectivity index (χ0v) is 4.39. The van der Waals surface area contributed by atoms with E-state index in [0.29, 0.717) is 12.6 Å². The van der Waals surface area contributed by atoms with Gasteiger partial charge in [0.1, 0.15) is 0 Å². The van der Waals surface area contributed by atoms with E-state index in [4.69, 9.17) is 15.3 Å². The first-order valence-corrected chi connectivity index (χ1v) is 3.31. The molecule has 0 unspecified atom stereocenters. The Balaban J connectivity index is 2.63. The Hall–Kier alpha value is 0.0969. The molecule has 0 heterocycles. The molecule has 0 atom stereocenters. The van der Waals surface area contributed by atoms with Crippen LogP contribution in [-0.2, 0) is 0 Å². The summed E-state index contributed by atoms with van der Waals surface area (Å²) in [5.74, 6) is 0. The topological polar surface area (TPSA) is 66.5 Å². The number of nitrogens with two attached hydrogens (primary N) is 1. The lowest BCUT2D eigenvalue weighted by molar-refractivity contribution is 0.406. The van der Waals surface area contributed by atoms with Crippen molar-refractivity contribution in [2.45, 2.75) is 6.04 Å². The maximum atomic E-state index is 8.13. The smallest absolute Gasteiger partial charge is 0.380 e. The van der Waals surface area contributed by atoms with E-state index in [-0.39, 0.29) is 0 Å². The molecule has 0 amide bonds. The SMILES string of the molecule is NCC[Si](O)O. The minimum Gasteiger partial charge on any atom is -0.410 e. The van der Waals surface area contributed by atoms with E-state index < -0.39 is 9.28 Å². The molecule has 0 aliphatic carbocycles. The van der Waals surface area contributed by atoms with Crippen molar-refractivity contribution >= 4 is 9.28 Å². The quantitative estimate of drug-likeness (QED) is 0.372. The van der Waals surface area contributed by atoms with Crippen molar-refractivity contribution in [2.75, 3.05) is 6.54 Å². The van der Waals surface area contributed by atoms with Crippen molar-refractivity contribution in [2.24, 2.45) is 5.73 Å². The molecule has 0 saturated carbocycles. The van der Waals surface area contributed by atoms with Gasteiger partial charge < -0.3 is 15.3 Å². The van der Waals surface area contributed by atoms with Gasteiger partial charge in [-0.3, -0.25) is 0 Å². The molecule has 0 spiro atoms. The van der Waals surface area contributed by atoms with Gasteiger partial charge in [-0.15, -0.1) is 0 Å².